The predicted octanol–water partition coefficient (Wildman–Crippen LogP) is 1.96. The summed E-state index contributed by atoms with van der Waals surface area (Å²) in [5, 5.41) is 12.3. The number of anilines is 1. The molecule has 20 heavy (non-hydrogen) atoms. The SMILES string of the molecule is COC(=O)c1ccc(N(N=O)C(C)(C)C(=O)O)cc1F. The summed E-state index contributed by atoms with van der Waals surface area (Å²) >= 11 is 0. The summed E-state index contributed by atoms with van der Waals surface area (Å²) in [7, 11) is 1.10. The van der Waals surface area contributed by atoms with Crippen molar-refractivity contribution in [3.63, 3.8) is 0 Å². The summed E-state index contributed by atoms with van der Waals surface area (Å²) < 4.78 is 18.1. The first kappa shape index (κ1) is 15.5. The van der Waals surface area contributed by atoms with E-state index in [-0.39, 0.29) is 11.3 Å². The van der Waals surface area contributed by atoms with Crippen LogP contribution in [0.5, 0.6) is 0 Å². The van der Waals surface area contributed by atoms with Crippen molar-refractivity contribution in [1.82, 2.24) is 0 Å². The maximum atomic E-state index is 13.8. The molecule has 0 atom stereocenters. The molecule has 0 heterocycles. The van der Waals surface area contributed by atoms with Gasteiger partial charge in [-0.05, 0) is 26.0 Å². The highest BCUT2D eigenvalue weighted by molar-refractivity contribution is 5.90. The number of carboxylic acid groups (broad SMARTS) is 1. The lowest BCUT2D eigenvalue weighted by Gasteiger charge is -2.29. The molecule has 0 fully saturated rings. The van der Waals surface area contributed by atoms with Crippen LogP contribution >= 0.6 is 0 Å². The monoisotopic (exact) mass is 284 g/mol. The van der Waals surface area contributed by atoms with Gasteiger partial charge < -0.3 is 9.84 Å². The molecule has 0 spiro atoms. The van der Waals surface area contributed by atoms with Crippen LogP contribution in [0, 0.1) is 10.7 Å². The average molecular weight is 284 g/mol. The Balaban J connectivity index is 3.26. The fraction of sp³-hybridized carbons (Fsp3) is 0.333. The Bertz CT molecular complexity index is 559. The molecule has 1 aromatic rings. The Kier molecular flexibility index (Phi) is 4.38. The van der Waals surface area contributed by atoms with Crippen LogP contribution in [0.15, 0.2) is 23.5 Å². The Morgan fingerprint density at radius 1 is 1.40 bits per heavy atom. The van der Waals surface area contributed by atoms with E-state index in [0.29, 0.717) is 5.01 Å². The molecule has 0 radical (unpaired) electrons. The van der Waals surface area contributed by atoms with Crippen molar-refractivity contribution in [2.24, 2.45) is 5.29 Å². The fourth-order valence-electron chi connectivity index (χ4n) is 1.47. The Morgan fingerprint density at radius 2 is 2.00 bits per heavy atom. The van der Waals surface area contributed by atoms with E-state index in [1.807, 2.05) is 0 Å². The number of methoxy groups -OCH3 is 1. The van der Waals surface area contributed by atoms with Gasteiger partial charge in [0.05, 0.1) is 23.6 Å². The number of rotatable bonds is 5. The molecule has 108 valence electrons. The quantitative estimate of drug-likeness (QED) is 0.504. The number of hydrogen-bond donors (Lipinski definition) is 1. The molecule has 0 aliphatic heterocycles. The van der Waals surface area contributed by atoms with E-state index < -0.39 is 23.3 Å². The molecule has 0 saturated carbocycles. The number of carboxylic acids is 1. The van der Waals surface area contributed by atoms with E-state index in [1.165, 1.54) is 19.9 Å². The van der Waals surface area contributed by atoms with E-state index in [0.717, 1.165) is 19.2 Å². The number of carbonyl (C=O) groups is 2. The molecular weight excluding hydrogens is 271 g/mol. The third kappa shape index (κ3) is 2.73. The van der Waals surface area contributed by atoms with Crippen LogP contribution < -0.4 is 5.01 Å². The standard InChI is InChI=1S/C12H13FN2O5/c1-12(2,11(17)18)15(14-19)7-4-5-8(9(13)6-7)10(16)20-3/h4-6H,1-3H3,(H,17,18). The minimum absolute atomic E-state index is 0.0856. The second-order valence-corrected chi connectivity index (χ2v) is 4.41. The lowest BCUT2D eigenvalue weighted by Crippen LogP contribution is -2.47. The van der Waals surface area contributed by atoms with Gasteiger partial charge in [-0.2, -0.15) is 0 Å². The van der Waals surface area contributed by atoms with Crippen LogP contribution in [0.3, 0.4) is 0 Å². The zero-order chi connectivity index (χ0) is 15.5. The molecule has 0 amide bonds. The molecule has 0 unspecified atom stereocenters. The van der Waals surface area contributed by atoms with Crippen molar-refractivity contribution < 1.29 is 23.8 Å². The van der Waals surface area contributed by atoms with Crippen LogP contribution in [0.2, 0.25) is 0 Å². The van der Waals surface area contributed by atoms with Crippen molar-refractivity contribution in [2.75, 3.05) is 12.1 Å². The van der Waals surface area contributed by atoms with E-state index >= 15 is 0 Å². The van der Waals surface area contributed by atoms with Gasteiger partial charge in [-0.3, -0.25) is 0 Å². The highest BCUT2D eigenvalue weighted by Gasteiger charge is 2.37. The van der Waals surface area contributed by atoms with E-state index in [4.69, 9.17) is 5.11 Å². The van der Waals surface area contributed by atoms with Crippen molar-refractivity contribution in [1.29, 1.82) is 0 Å². The highest BCUT2D eigenvalue weighted by atomic mass is 19.1. The van der Waals surface area contributed by atoms with Gasteiger partial charge in [0, 0.05) is 6.07 Å². The molecular formula is C12H13FN2O5. The number of aliphatic carboxylic acids is 1. The van der Waals surface area contributed by atoms with Gasteiger partial charge in [0.25, 0.3) is 0 Å². The second-order valence-electron chi connectivity index (χ2n) is 4.41. The minimum Gasteiger partial charge on any atom is -0.479 e. The second kappa shape index (κ2) is 5.64. The van der Waals surface area contributed by atoms with E-state index in [2.05, 4.69) is 10.0 Å². The summed E-state index contributed by atoms with van der Waals surface area (Å²) in [6.07, 6.45) is 0. The highest BCUT2D eigenvalue weighted by Crippen LogP contribution is 2.27. The van der Waals surface area contributed by atoms with E-state index in [9.17, 15) is 18.9 Å². The number of halogens is 1. The molecule has 0 aromatic heterocycles. The topological polar surface area (TPSA) is 96.3 Å². The summed E-state index contributed by atoms with van der Waals surface area (Å²) in [5.41, 5.74) is -2.08. The van der Waals surface area contributed by atoms with Crippen LogP contribution in [-0.2, 0) is 9.53 Å². The van der Waals surface area contributed by atoms with Gasteiger partial charge in [0.2, 0.25) is 0 Å². The zero-order valence-electron chi connectivity index (χ0n) is 11.1. The maximum absolute atomic E-state index is 13.8. The number of nitroso groups, excluding NO2 is 1. The molecule has 0 aliphatic rings. The first-order chi connectivity index (χ1) is 9.25. The van der Waals surface area contributed by atoms with E-state index in [1.54, 1.807) is 0 Å². The molecule has 0 saturated heterocycles. The summed E-state index contributed by atoms with van der Waals surface area (Å²) in [6.45, 7) is 2.48. The number of nitrogens with zero attached hydrogens (tertiary/aromatic N) is 2. The first-order valence-electron chi connectivity index (χ1n) is 5.50. The molecule has 1 rings (SSSR count). The number of carbonyl (C=O) groups excluding carboxylic acids is 1. The van der Waals surface area contributed by atoms with Gasteiger partial charge >= 0.3 is 11.9 Å². The number of ether oxygens (including phenoxy) is 1. The largest absolute Gasteiger partial charge is 0.479 e. The zero-order valence-corrected chi connectivity index (χ0v) is 11.1. The average Bonchev–Trinajstić information content (AvgIpc) is 2.38. The Labute approximate surface area is 113 Å². The van der Waals surface area contributed by atoms with Crippen LogP contribution in [0.4, 0.5) is 10.1 Å². The third-order valence-electron chi connectivity index (χ3n) is 2.74. The number of benzene rings is 1. The maximum Gasteiger partial charge on any atom is 0.340 e. The fourth-order valence-corrected chi connectivity index (χ4v) is 1.47. The summed E-state index contributed by atoms with van der Waals surface area (Å²) in [6, 6.07) is 3.15. The molecule has 7 nitrogen and oxygen atoms in total. The van der Waals surface area contributed by atoms with Crippen LogP contribution in [-0.4, -0.2) is 29.7 Å². The van der Waals surface area contributed by atoms with Gasteiger partial charge in [0.1, 0.15) is 5.82 Å². The lowest BCUT2D eigenvalue weighted by molar-refractivity contribution is -0.142. The van der Waals surface area contributed by atoms with Crippen molar-refractivity contribution in [2.45, 2.75) is 19.4 Å². The van der Waals surface area contributed by atoms with Crippen molar-refractivity contribution >= 4 is 17.6 Å². The third-order valence-corrected chi connectivity index (χ3v) is 2.74. The molecule has 0 bridgehead atoms. The van der Waals surface area contributed by atoms with Crippen molar-refractivity contribution in [3.8, 4) is 0 Å². The lowest BCUT2D eigenvalue weighted by atomic mass is 10.0. The van der Waals surface area contributed by atoms with Gasteiger partial charge in [-0.1, -0.05) is 0 Å². The van der Waals surface area contributed by atoms with Gasteiger partial charge in [0.15, 0.2) is 5.54 Å². The number of esters is 1. The summed E-state index contributed by atoms with van der Waals surface area (Å²) in [4.78, 5) is 33.2. The number of hydrogen-bond acceptors (Lipinski definition) is 5. The van der Waals surface area contributed by atoms with Crippen LogP contribution in [0.1, 0.15) is 24.2 Å². The van der Waals surface area contributed by atoms with Gasteiger partial charge in [-0.25, -0.2) is 19.0 Å². The van der Waals surface area contributed by atoms with Crippen LogP contribution in [0.25, 0.3) is 0 Å². The minimum atomic E-state index is -1.67. The smallest absolute Gasteiger partial charge is 0.340 e. The predicted molar refractivity (Wildman–Crippen MR) is 67.7 cm³/mol. The molecule has 1 aromatic carbocycles. The normalized spacial score (nSPS) is 10.8. The first-order valence-corrected chi connectivity index (χ1v) is 5.50. The molecule has 1 N–H and O–H groups in total. The molecule has 8 heteroatoms. The summed E-state index contributed by atoms with van der Waals surface area (Å²) in [5.74, 6) is -3.13. The van der Waals surface area contributed by atoms with Gasteiger partial charge in [-0.15, -0.1) is 4.91 Å². The molecule has 0 aliphatic carbocycles. The Hall–Kier alpha value is -2.51. The van der Waals surface area contributed by atoms with Crippen molar-refractivity contribution in [3.05, 3.63) is 34.5 Å². The Morgan fingerprint density at radius 3 is 2.40 bits per heavy atom.